The van der Waals surface area contributed by atoms with E-state index in [9.17, 15) is 4.79 Å². The molecule has 0 aromatic heterocycles. The molecule has 1 aliphatic rings. The lowest BCUT2D eigenvalue weighted by Gasteiger charge is -2.34. The summed E-state index contributed by atoms with van der Waals surface area (Å²) in [6, 6.07) is 0. The Labute approximate surface area is 158 Å². The molecule has 0 radical (unpaired) electrons. The molecule has 1 fully saturated rings. The van der Waals surface area contributed by atoms with Gasteiger partial charge in [0.15, 0.2) is 5.44 Å². The maximum absolute atomic E-state index is 12.1. The van der Waals surface area contributed by atoms with Crippen molar-refractivity contribution in [2.45, 2.75) is 115 Å². The molecule has 4 nitrogen and oxygen atoms in total. The number of esters is 1. The highest BCUT2D eigenvalue weighted by Gasteiger charge is 2.44. The second-order valence-corrected chi connectivity index (χ2v) is 8.77. The average Bonchev–Trinajstić information content (AvgIpc) is 2.54. The van der Waals surface area contributed by atoms with Crippen molar-refractivity contribution in [3.63, 3.8) is 0 Å². The van der Waals surface area contributed by atoms with Crippen molar-refractivity contribution in [3.05, 3.63) is 0 Å². The molecule has 0 aromatic carbocycles. The zero-order chi connectivity index (χ0) is 18.5. The number of ether oxygens (including phenoxy) is 1. The third-order valence-electron chi connectivity index (χ3n) is 4.74. The van der Waals surface area contributed by atoms with E-state index >= 15 is 0 Å². The van der Waals surface area contributed by atoms with Crippen LogP contribution in [0.2, 0.25) is 0 Å². The number of hydrogen-bond acceptors (Lipinski definition) is 5. The monoisotopic (exact) mass is 374 g/mol. The SMILES string of the molecule is CCCCCCCCCCCCSC1OOC1C(=O)OC(C)(C)CC. The van der Waals surface area contributed by atoms with E-state index in [1.54, 1.807) is 11.8 Å². The molecule has 5 heteroatoms. The molecule has 1 rings (SSSR count). The first kappa shape index (κ1) is 22.8. The summed E-state index contributed by atoms with van der Waals surface area (Å²) >= 11 is 1.66. The van der Waals surface area contributed by atoms with Crippen molar-refractivity contribution >= 4 is 17.7 Å². The fraction of sp³-hybridized carbons (Fsp3) is 0.950. The van der Waals surface area contributed by atoms with Crippen molar-refractivity contribution in [1.29, 1.82) is 0 Å². The maximum Gasteiger partial charge on any atom is 0.343 e. The molecule has 1 heterocycles. The quantitative estimate of drug-likeness (QED) is 0.199. The Morgan fingerprint density at radius 2 is 1.48 bits per heavy atom. The van der Waals surface area contributed by atoms with Gasteiger partial charge in [0.05, 0.1) is 0 Å². The van der Waals surface area contributed by atoms with Gasteiger partial charge in [-0.15, -0.1) is 11.8 Å². The van der Waals surface area contributed by atoms with Crippen molar-refractivity contribution in [3.8, 4) is 0 Å². The fourth-order valence-electron chi connectivity index (χ4n) is 2.61. The maximum atomic E-state index is 12.1. The summed E-state index contributed by atoms with van der Waals surface area (Å²) in [6.07, 6.45) is 13.6. The molecule has 2 unspecified atom stereocenters. The lowest BCUT2D eigenvalue weighted by atomic mass is 10.1. The molecular weight excluding hydrogens is 336 g/mol. The van der Waals surface area contributed by atoms with Gasteiger partial charge in [-0.05, 0) is 32.4 Å². The van der Waals surface area contributed by atoms with Crippen molar-refractivity contribution in [2.24, 2.45) is 0 Å². The van der Waals surface area contributed by atoms with Gasteiger partial charge in [-0.3, -0.25) is 0 Å². The van der Waals surface area contributed by atoms with E-state index in [4.69, 9.17) is 14.5 Å². The van der Waals surface area contributed by atoms with Crippen LogP contribution in [0.15, 0.2) is 0 Å². The molecule has 0 spiro atoms. The van der Waals surface area contributed by atoms with Crippen LogP contribution >= 0.6 is 11.8 Å². The summed E-state index contributed by atoms with van der Waals surface area (Å²) in [5.41, 5.74) is -0.652. The second-order valence-electron chi connectivity index (χ2n) is 7.57. The van der Waals surface area contributed by atoms with Crippen LogP contribution < -0.4 is 0 Å². The summed E-state index contributed by atoms with van der Waals surface area (Å²) in [4.78, 5) is 22.1. The Kier molecular flexibility index (Phi) is 11.8. The minimum Gasteiger partial charge on any atom is -0.458 e. The van der Waals surface area contributed by atoms with Gasteiger partial charge < -0.3 is 4.74 Å². The van der Waals surface area contributed by atoms with Crippen LogP contribution in [-0.4, -0.2) is 28.9 Å². The highest BCUT2D eigenvalue weighted by molar-refractivity contribution is 7.99. The van der Waals surface area contributed by atoms with Crippen LogP contribution in [-0.2, 0) is 19.3 Å². The fourth-order valence-corrected chi connectivity index (χ4v) is 3.65. The van der Waals surface area contributed by atoms with Crippen LogP contribution in [0.1, 0.15) is 98.3 Å². The summed E-state index contributed by atoms with van der Waals surface area (Å²) in [7, 11) is 0. The number of rotatable bonds is 15. The van der Waals surface area contributed by atoms with Gasteiger partial charge in [0.2, 0.25) is 6.10 Å². The Morgan fingerprint density at radius 1 is 0.920 bits per heavy atom. The lowest BCUT2D eigenvalue weighted by Crippen LogP contribution is -2.49. The minimum absolute atomic E-state index is 0.210. The first-order valence-electron chi connectivity index (χ1n) is 10.2. The summed E-state index contributed by atoms with van der Waals surface area (Å²) < 4.78 is 5.47. The predicted molar refractivity (Wildman–Crippen MR) is 105 cm³/mol. The first-order valence-corrected chi connectivity index (χ1v) is 11.2. The van der Waals surface area contributed by atoms with Gasteiger partial charge in [0.1, 0.15) is 5.60 Å². The van der Waals surface area contributed by atoms with Crippen molar-refractivity contribution in [1.82, 2.24) is 0 Å². The summed E-state index contributed by atoms with van der Waals surface area (Å²) in [6.45, 7) is 8.09. The molecule has 1 aliphatic heterocycles. The molecule has 25 heavy (non-hydrogen) atoms. The molecule has 1 saturated heterocycles. The van der Waals surface area contributed by atoms with Gasteiger partial charge in [0, 0.05) is 0 Å². The van der Waals surface area contributed by atoms with Crippen LogP contribution in [0.5, 0.6) is 0 Å². The van der Waals surface area contributed by atoms with E-state index in [1.165, 1.54) is 64.2 Å². The Morgan fingerprint density at radius 3 is 1.96 bits per heavy atom. The van der Waals surface area contributed by atoms with Gasteiger partial charge in [0.25, 0.3) is 0 Å². The molecule has 2 atom stereocenters. The molecule has 0 aromatic rings. The molecule has 0 aliphatic carbocycles. The van der Waals surface area contributed by atoms with Gasteiger partial charge in [-0.25, -0.2) is 14.6 Å². The van der Waals surface area contributed by atoms with E-state index < -0.39 is 11.7 Å². The molecule has 0 N–H and O–H groups in total. The number of thioether (sulfide) groups is 1. The molecule has 0 bridgehead atoms. The number of carbonyl (C=O) groups excluding carboxylic acids is 1. The lowest BCUT2D eigenvalue weighted by molar-refractivity contribution is -0.429. The highest BCUT2D eigenvalue weighted by Crippen LogP contribution is 2.31. The zero-order valence-corrected chi connectivity index (χ0v) is 17.5. The highest BCUT2D eigenvalue weighted by atomic mass is 32.2. The van der Waals surface area contributed by atoms with Crippen LogP contribution in [0.3, 0.4) is 0 Å². The molecule has 148 valence electrons. The van der Waals surface area contributed by atoms with Gasteiger partial charge in [-0.2, -0.15) is 0 Å². The smallest absolute Gasteiger partial charge is 0.343 e. The van der Waals surface area contributed by atoms with E-state index in [0.29, 0.717) is 0 Å². The van der Waals surface area contributed by atoms with E-state index in [1.807, 2.05) is 20.8 Å². The standard InChI is InChI=1S/C20H38O4S/c1-5-7-8-9-10-11-12-13-14-15-16-25-19-17(23-24-19)18(21)22-20(3,4)6-2/h17,19H,5-16H2,1-4H3. The number of unbranched alkanes of at least 4 members (excludes halogenated alkanes) is 9. The average molecular weight is 375 g/mol. The Balaban J connectivity index is 1.97. The second kappa shape index (κ2) is 13.0. The van der Waals surface area contributed by atoms with Crippen molar-refractivity contribution in [2.75, 3.05) is 5.75 Å². The largest absolute Gasteiger partial charge is 0.458 e. The Hall–Kier alpha value is -0.260. The zero-order valence-electron chi connectivity index (χ0n) is 16.7. The normalized spacial score (nSPS) is 20.3. The summed E-state index contributed by atoms with van der Waals surface area (Å²) in [5.74, 6) is 0.699. The number of carbonyl (C=O) groups is 1. The van der Waals surface area contributed by atoms with E-state index in [2.05, 4.69) is 6.92 Å². The third-order valence-corrected chi connectivity index (χ3v) is 5.92. The molecule has 0 saturated carbocycles. The van der Waals surface area contributed by atoms with E-state index in [0.717, 1.165) is 12.2 Å². The first-order chi connectivity index (χ1) is 12.0. The van der Waals surface area contributed by atoms with E-state index in [-0.39, 0.29) is 11.4 Å². The molecular formula is C20H38O4S. The Bertz CT molecular complexity index is 360. The minimum atomic E-state index is -0.570. The summed E-state index contributed by atoms with van der Waals surface area (Å²) in [5, 5.41) is 0. The van der Waals surface area contributed by atoms with Crippen LogP contribution in [0.25, 0.3) is 0 Å². The molecule has 0 amide bonds. The van der Waals surface area contributed by atoms with Crippen LogP contribution in [0, 0.1) is 0 Å². The van der Waals surface area contributed by atoms with Gasteiger partial charge >= 0.3 is 5.97 Å². The predicted octanol–water partition coefficient (Wildman–Crippen LogP) is 6.03. The third kappa shape index (κ3) is 9.86. The van der Waals surface area contributed by atoms with Gasteiger partial charge in [-0.1, -0.05) is 71.6 Å². The van der Waals surface area contributed by atoms with Crippen molar-refractivity contribution < 1.29 is 19.3 Å². The topological polar surface area (TPSA) is 44.8 Å². The van der Waals surface area contributed by atoms with Crippen LogP contribution in [0.4, 0.5) is 0 Å². The number of hydrogen-bond donors (Lipinski definition) is 0.